The highest BCUT2D eigenvalue weighted by Gasteiger charge is 2.55. The van der Waals surface area contributed by atoms with Gasteiger partial charge < -0.3 is 24.2 Å². The highest BCUT2D eigenvalue weighted by molar-refractivity contribution is 5.70. The molecule has 3 aliphatic carbocycles. The third-order valence-electron chi connectivity index (χ3n) is 8.05. The molecule has 0 radical (unpaired) electrons. The van der Waals surface area contributed by atoms with Gasteiger partial charge in [0.25, 0.3) is 0 Å². The van der Waals surface area contributed by atoms with Crippen LogP contribution in [-0.2, 0) is 14.9 Å². The van der Waals surface area contributed by atoms with E-state index in [0.29, 0.717) is 18.4 Å². The zero-order chi connectivity index (χ0) is 28.7. The van der Waals surface area contributed by atoms with E-state index in [1.807, 2.05) is 64.6 Å². The van der Waals surface area contributed by atoms with Crippen molar-refractivity contribution in [3.8, 4) is 0 Å². The first kappa shape index (κ1) is 28.4. The minimum Gasteiger partial charge on any atom is -0.444 e. The molecule has 40 heavy (non-hydrogen) atoms. The third-order valence-corrected chi connectivity index (χ3v) is 8.05. The summed E-state index contributed by atoms with van der Waals surface area (Å²) in [6.45, 7) is 11.8. The Labute approximate surface area is 237 Å². The zero-order valence-corrected chi connectivity index (χ0v) is 24.7. The second kappa shape index (κ2) is 10.7. The number of nitrogens with zero attached hydrogens (tertiary/aromatic N) is 3. The molecule has 0 bridgehead atoms. The molecule has 2 atom stereocenters. The maximum atomic E-state index is 13.4. The smallest absolute Gasteiger partial charge is 0.410 e. The largest absolute Gasteiger partial charge is 0.444 e. The molecule has 9 heteroatoms. The monoisotopic (exact) mass is 552 g/mol. The van der Waals surface area contributed by atoms with Crippen LogP contribution in [0.1, 0.15) is 116 Å². The molecule has 3 aliphatic rings. The number of hydrogen-bond acceptors (Lipinski definition) is 7. The van der Waals surface area contributed by atoms with Crippen LogP contribution in [0.15, 0.2) is 34.9 Å². The van der Waals surface area contributed by atoms with Gasteiger partial charge in [0.2, 0.25) is 5.89 Å². The van der Waals surface area contributed by atoms with Gasteiger partial charge in [-0.15, -0.1) is 0 Å². The van der Waals surface area contributed by atoms with Crippen LogP contribution in [0.4, 0.5) is 9.59 Å². The van der Waals surface area contributed by atoms with E-state index in [1.165, 1.54) is 5.56 Å². The van der Waals surface area contributed by atoms with Crippen molar-refractivity contribution in [1.29, 1.82) is 0 Å². The van der Waals surface area contributed by atoms with Gasteiger partial charge in [-0.05, 0) is 92.1 Å². The van der Waals surface area contributed by atoms with E-state index in [2.05, 4.69) is 22.6 Å². The SMILES string of the molecule is CC(C)(C)OC(=O)NC1CCC(c2noc(C3(CN(C(=O)OC(C)(C)C)[C@@H]4C[C@H]4c4ccccc4)CC3)n2)CC1. The number of carbonyl (C=O) groups excluding carboxylic acids is 2. The molecule has 2 amide bonds. The summed E-state index contributed by atoms with van der Waals surface area (Å²) in [6.07, 6.45) is 5.52. The fraction of sp³-hybridized carbons (Fsp3) is 0.677. The Hall–Kier alpha value is -3.10. The molecule has 1 heterocycles. The lowest BCUT2D eigenvalue weighted by atomic mass is 9.85. The van der Waals surface area contributed by atoms with Gasteiger partial charge in [-0.3, -0.25) is 0 Å². The van der Waals surface area contributed by atoms with Crippen LogP contribution in [0, 0.1) is 0 Å². The van der Waals surface area contributed by atoms with Crippen LogP contribution in [0.2, 0.25) is 0 Å². The number of aromatic nitrogens is 2. The fourth-order valence-corrected chi connectivity index (χ4v) is 5.73. The molecule has 1 aromatic heterocycles. The number of amides is 2. The van der Waals surface area contributed by atoms with Gasteiger partial charge in [-0.25, -0.2) is 9.59 Å². The molecule has 2 aromatic rings. The molecule has 0 saturated heterocycles. The summed E-state index contributed by atoms with van der Waals surface area (Å²) in [6, 6.07) is 10.6. The van der Waals surface area contributed by atoms with E-state index in [4.69, 9.17) is 19.0 Å². The van der Waals surface area contributed by atoms with E-state index in [-0.39, 0.29) is 35.6 Å². The van der Waals surface area contributed by atoms with Gasteiger partial charge in [-0.2, -0.15) is 4.98 Å². The van der Waals surface area contributed by atoms with E-state index in [0.717, 1.165) is 50.8 Å². The Kier molecular flexibility index (Phi) is 7.61. The summed E-state index contributed by atoms with van der Waals surface area (Å²) in [7, 11) is 0. The number of carbonyl (C=O) groups is 2. The second-order valence-electron chi connectivity index (χ2n) is 13.9. The van der Waals surface area contributed by atoms with Crippen LogP contribution >= 0.6 is 0 Å². The number of hydrogen-bond donors (Lipinski definition) is 1. The van der Waals surface area contributed by atoms with E-state index in [1.54, 1.807) is 0 Å². The van der Waals surface area contributed by atoms with Crippen molar-refractivity contribution < 1.29 is 23.6 Å². The molecule has 9 nitrogen and oxygen atoms in total. The standard InChI is InChI=1S/C31H44N4O5/c1-29(2,3)38-27(36)32-22-14-12-21(13-15-22)25-33-26(40-34-25)31(16-17-31)19-35(28(37)39-30(4,5)6)24-18-23(24)20-10-8-7-9-11-20/h7-11,21-24H,12-19H2,1-6H3,(H,32,36)/t21?,22?,23-,24+/m0/s1. The predicted octanol–water partition coefficient (Wildman–Crippen LogP) is 6.45. The predicted molar refractivity (Wildman–Crippen MR) is 150 cm³/mol. The van der Waals surface area contributed by atoms with Crippen LogP contribution in [0.3, 0.4) is 0 Å². The molecule has 1 aromatic carbocycles. The van der Waals surface area contributed by atoms with Crippen molar-refractivity contribution in [2.24, 2.45) is 0 Å². The maximum absolute atomic E-state index is 13.4. The molecule has 0 unspecified atom stereocenters. The number of rotatable bonds is 7. The van der Waals surface area contributed by atoms with Crippen molar-refractivity contribution in [2.45, 2.75) is 127 Å². The molecular weight excluding hydrogens is 508 g/mol. The Bertz CT molecular complexity index is 1190. The maximum Gasteiger partial charge on any atom is 0.410 e. The summed E-state index contributed by atoms with van der Waals surface area (Å²) < 4.78 is 17.1. The minimum atomic E-state index is -0.571. The number of nitrogens with one attached hydrogen (secondary N) is 1. The van der Waals surface area contributed by atoms with Gasteiger partial charge in [0, 0.05) is 30.5 Å². The van der Waals surface area contributed by atoms with Crippen molar-refractivity contribution in [3.05, 3.63) is 47.6 Å². The topological polar surface area (TPSA) is 107 Å². The molecule has 218 valence electrons. The average Bonchev–Trinajstić information content (AvgIpc) is 3.78. The van der Waals surface area contributed by atoms with E-state index >= 15 is 0 Å². The van der Waals surface area contributed by atoms with Gasteiger partial charge in [0.15, 0.2) is 5.82 Å². The lowest BCUT2D eigenvalue weighted by Gasteiger charge is -2.30. The summed E-state index contributed by atoms with van der Waals surface area (Å²) in [5, 5.41) is 7.37. The van der Waals surface area contributed by atoms with Crippen molar-refractivity contribution in [3.63, 3.8) is 0 Å². The molecule has 1 N–H and O–H groups in total. The Morgan fingerprint density at radius 1 is 1.00 bits per heavy atom. The Morgan fingerprint density at radius 3 is 2.25 bits per heavy atom. The fourth-order valence-electron chi connectivity index (χ4n) is 5.73. The Morgan fingerprint density at radius 2 is 1.65 bits per heavy atom. The molecule has 5 rings (SSSR count). The van der Waals surface area contributed by atoms with Crippen molar-refractivity contribution in [1.82, 2.24) is 20.4 Å². The normalized spacial score (nSPS) is 25.6. The minimum absolute atomic E-state index is 0.0886. The highest BCUT2D eigenvalue weighted by atomic mass is 16.6. The summed E-state index contributed by atoms with van der Waals surface area (Å²) in [5.41, 5.74) is -0.149. The summed E-state index contributed by atoms with van der Waals surface area (Å²) >= 11 is 0. The lowest BCUT2D eigenvalue weighted by molar-refractivity contribution is 0.0203. The summed E-state index contributed by atoms with van der Waals surface area (Å²) in [5.74, 6) is 1.86. The first-order valence-corrected chi connectivity index (χ1v) is 14.7. The van der Waals surface area contributed by atoms with Crippen LogP contribution in [-0.4, -0.2) is 57.1 Å². The molecule has 0 spiro atoms. The average molecular weight is 553 g/mol. The molecular formula is C31H44N4O5. The first-order chi connectivity index (χ1) is 18.8. The zero-order valence-electron chi connectivity index (χ0n) is 24.7. The highest BCUT2D eigenvalue weighted by Crippen LogP contribution is 2.52. The van der Waals surface area contributed by atoms with Gasteiger partial charge in [-0.1, -0.05) is 35.5 Å². The molecule has 3 saturated carbocycles. The van der Waals surface area contributed by atoms with E-state index < -0.39 is 11.2 Å². The van der Waals surface area contributed by atoms with E-state index in [9.17, 15) is 9.59 Å². The van der Waals surface area contributed by atoms with Crippen molar-refractivity contribution >= 4 is 12.2 Å². The van der Waals surface area contributed by atoms with Crippen LogP contribution in [0.25, 0.3) is 0 Å². The molecule has 3 fully saturated rings. The van der Waals surface area contributed by atoms with Gasteiger partial charge >= 0.3 is 12.2 Å². The molecule has 0 aliphatic heterocycles. The second-order valence-corrected chi connectivity index (χ2v) is 13.9. The van der Waals surface area contributed by atoms with Gasteiger partial charge in [0.05, 0.1) is 5.41 Å². The number of ether oxygens (including phenoxy) is 2. The lowest BCUT2D eigenvalue weighted by Crippen LogP contribution is -2.43. The van der Waals surface area contributed by atoms with Crippen LogP contribution < -0.4 is 5.32 Å². The number of alkyl carbamates (subject to hydrolysis) is 1. The first-order valence-electron chi connectivity index (χ1n) is 14.7. The quantitative estimate of drug-likeness (QED) is 0.421. The number of benzene rings is 1. The third kappa shape index (κ3) is 6.96. The van der Waals surface area contributed by atoms with Crippen LogP contribution in [0.5, 0.6) is 0 Å². The summed E-state index contributed by atoms with van der Waals surface area (Å²) in [4.78, 5) is 32.3. The van der Waals surface area contributed by atoms with Gasteiger partial charge in [0.1, 0.15) is 11.2 Å². The van der Waals surface area contributed by atoms with Crippen molar-refractivity contribution in [2.75, 3.05) is 6.54 Å². The Balaban J connectivity index is 1.22.